The van der Waals surface area contributed by atoms with Gasteiger partial charge in [0.1, 0.15) is 12.7 Å². The number of carbonyl (C=O) groups excluding carboxylic acids is 2. The summed E-state index contributed by atoms with van der Waals surface area (Å²) in [5.41, 5.74) is 2.37. The first-order valence-electron chi connectivity index (χ1n) is 9.56. The van der Waals surface area contributed by atoms with Crippen LogP contribution in [0.1, 0.15) is 33.6 Å². The topological polar surface area (TPSA) is 98.1 Å². The van der Waals surface area contributed by atoms with E-state index in [1.54, 1.807) is 53.6 Å². The second-order valence-corrected chi connectivity index (χ2v) is 7.76. The summed E-state index contributed by atoms with van der Waals surface area (Å²) in [5, 5.41) is 13.3. The van der Waals surface area contributed by atoms with Gasteiger partial charge in [0, 0.05) is 34.6 Å². The summed E-state index contributed by atoms with van der Waals surface area (Å²) >= 11 is 3.42. The van der Waals surface area contributed by atoms with E-state index in [9.17, 15) is 9.59 Å². The third-order valence-corrected chi connectivity index (χ3v) is 5.52. The molecule has 1 saturated heterocycles. The number of halogens is 1. The Morgan fingerprint density at radius 2 is 1.87 bits per heavy atom. The van der Waals surface area contributed by atoms with Crippen LogP contribution in [0.3, 0.4) is 0 Å². The standard InChI is InChI=1S/C21H20BrN5O3/c22-19-8-7-16(27-12-24-25-13-27)10-18(19)21(29)26-15-5-3-14(4-6-15)20(28)23-11-17-2-1-9-30-17/h3-8,10,12-13,17H,1-2,9,11H2,(H,23,28)(H,26,29). The number of ether oxygens (including phenoxy) is 1. The van der Waals surface area contributed by atoms with Gasteiger partial charge in [-0.1, -0.05) is 0 Å². The minimum absolute atomic E-state index is 0.0971. The molecule has 2 aromatic carbocycles. The van der Waals surface area contributed by atoms with Gasteiger partial charge in [-0.05, 0) is 71.2 Å². The number of rotatable bonds is 6. The van der Waals surface area contributed by atoms with Gasteiger partial charge in [-0.15, -0.1) is 10.2 Å². The SMILES string of the molecule is O=C(NCC1CCCO1)c1ccc(NC(=O)c2cc(-n3cnnc3)ccc2Br)cc1. The monoisotopic (exact) mass is 469 g/mol. The Bertz CT molecular complexity index is 1030. The summed E-state index contributed by atoms with van der Waals surface area (Å²) in [5.74, 6) is -0.430. The van der Waals surface area contributed by atoms with Crippen molar-refractivity contribution in [2.24, 2.45) is 0 Å². The van der Waals surface area contributed by atoms with Crippen molar-refractivity contribution in [3.63, 3.8) is 0 Å². The van der Waals surface area contributed by atoms with Crippen LogP contribution in [0.25, 0.3) is 5.69 Å². The maximum Gasteiger partial charge on any atom is 0.256 e. The van der Waals surface area contributed by atoms with Crippen molar-refractivity contribution >= 4 is 33.4 Å². The molecular weight excluding hydrogens is 450 g/mol. The van der Waals surface area contributed by atoms with E-state index in [1.165, 1.54) is 0 Å². The van der Waals surface area contributed by atoms with E-state index in [2.05, 4.69) is 36.8 Å². The maximum absolute atomic E-state index is 12.8. The molecule has 0 saturated carbocycles. The zero-order chi connectivity index (χ0) is 20.9. The molecule has 1 aliphatic heterocycles. The highest BCUT2D eigenvalue weighted by molar-refractivity contribution is 9.10. The van der Waals surface area contributed by atoms with Crippen LogP contribution in [0.4, 0.5) is 5.69 Å². The summed E-state index contributed by atoms with van der Waals surface area (Å²) in [7, 11) is 0. The first-order chi connectivity index (χ1) is 14.6. The highest BCUT2D eigenvalue weighted by Crippen LogP contribution is 2.22. The summed E-state index contributed by atoms with van der Waals surface area (Å²) in [4.78, 5) is 25.0. The van der Waals surface area contributed by atoms with Gasteiger partial charge in [0.25, 0.3) is 11.8 Å². The number of amides is 2. The fourth-order valence-corrected chi connectivity index (χ4v) is 3.63. The minimum atomic E-state index is -0.271. The predicted molar refractivity (Wildman–Crippen MR) is 115 cm³/mol. The Morgan fingerprint density at radius 1 is 1.10 bits per heavy atom. The number of hydrogen-bond donors (Lipinski definition) is 2. The lowest BCUT2D eigenvalue weighted by atomic mass is 10.1. The molecule has 1 fully saturated rings. The lowest BCUT2D eigenvalue weighted by Gasteiger charge is -2.12. The number of anilines is 1. The van der Waals surface area contributed by atoms with Crippen LogP contribution in [0.2, 0.25) is 0 Å². The highest BCUT2D eigenvalue weighted by Gasteiger charge is 2.17. The van der Waals surface area contributed by atoms with E-state index in [4.69, 9.17) is 4.74 Å². The van der Waals surface area contributed by atoms with Crippen molar-refractivity contribution in [2.75, 3.05) is 18.5 Å². The van der Waals surface area contributed by atoms with E-state index < -0.39 is 0 Å². The largest absolute Gasteiger partial charge is 0.376 e. The molecule has 2 heterocycles. The lowest BCUT2D eigenvalue weighted by Crippen LogP contribution is -2.31. The fourth-order valence-electron chi connectivity index (χ4n) is 3.20. The van der Waals surface area contributed by atoms with Crippen LogP contribution in [0.15, 0.2) is 59.6 Å². The van der Waals surface area contributed by atoms with E-state index >= 15 is 0 Å². The quantitative estimate of drug-likeness (QED) is 0.577. The summed E-state index contributed by atoms with van der Waals surface area (Å²) in [6.07, 6.45) is 5.23. The average Bonchev–Trinajstić information content (AvgIpc) is 3.47. The number of nitrogens with zero attached hydrogens (tertiary/aromatic N) is 3. The van der Waals surface area contributed by atoms with Crippen molar-refractivity contribution in [3.05, 3.63) is 70.7 Å². The van der Waals surface area contributed by atoms with Crippen molar-refractivity contribution in [2.45, 2.75) is 18.9 Å². The van der Waals surface area contributed by atoms with Crippen molar-refractivity contribution in [1.29, 1.82) is 0 Å². The molecule has 1 aromatic heterocycles. The Hall–Kier alpha value is -3.04. The Kier molecular flexibility index (Phi) is 6.20. The van der Waals surface area contributed by atoms with Gasteiger partial charge in [-0.3, -0.25) is 14.2 Å². The average molecular weight is 470 g/mol. The van der Waals surface area contributed by atoms with Crippen LogP contribution in [-0.4, -0.2) is 45.8 Å². The minimum Gasteiger partial charge on any atom is -0.376 e. The fraction of sp³-hybridized carbons (Fsp3) is 0.238. The first kappa shape index (κ1) is 20.2. The number of nitrogens with one attached hydrogen (secondary N) is 2. The summed E-state index contributed by atoms with van der Waals surface area (Å²) in [6, 6.07) is 12.2. The van der Waals surface area contributed by atoms with Crippen molar-refractivity contribution < 1.29 is 14.3 Å². The molecule has 9 heteroatoms. The molecule has 4 rings (SSSR count). The third kappa shape index (κ3) is 4.74. The van der Waals surface area contributed by atoms with E-state index in [-0.39, 0.29) is 17.9 Å². The molecule has 30 heavy (non-hydrogen) atoms. The molecule has 1 aliphatic rings. The molecule has 2 N–H and O–H groups in total. The lowest BCUT2D eigenvalue weighted by molar-refractivity contribution is 0.0857. The van der Waals surface area contributed by atoms with E-state index in [0.717, 1.165) is 25.1 Å². The van der Waals surface area contributed by atoms with Crippen molar-refractivity contribution in [1.82, 2.24) is 20.1 Å². The van der Waals surface area contributed by atoms with E-state index in [1.807, 2.05) is 6.07 Å². The molecule has 0 aliphatic carbocycles. The smallest absolute Gasteiger partial charge is 0.256 e. The predicted octanol–water partition coefficient (Wildman–Crippen LogP) is 3.19. The zero-order valence-corrected chi connectivity index (χ0v) is 17.6. The van der Waals surface area contributed by atoms with Gasteiger partial charge in [0.2, 0.25) is 0 Å². The van der Waals surface area contributed by atoms with Crippen LogP contribution in [0, 0.1) is 0 Å². The summed E-state index contributed by atoms with van der Waals surface area (Å²) in [6.45, 7) is 1.27. The first-order valence-corrected chi connectivity index (χ1v) is 10.4. The number of benzene rings is 2. The molecule has 1 unspecified atom stereocenters. The molecular formula is C21H20BrN5O3. The number of hydrogen-bond acceptors (Lipinski definition) is 5. The molecule has 154 valence electrons. The highest BCUT2D eigenvalue weighted by atomic mass is 79.9. The molecule has 0 bridgehead atoms. The molecule has 2 amide bonds. The Morgan fingerprint density at radius 3 is 2.57 bits per heavy atom. The molecule has 1 atom stereocenters. The van der Waals surface area contributed by atoms with Gasteiger partial charge in [-0.25, -0.2) is 0 Å². The number of aromatic nitrogens is 3. The van der Waals surface area contributed by atoms with Crippen LogP contribution in [-0.2, 0) is 4.74 Å². The molecule has 0 spiro atoms. The van der Waals surface area contributed by atoms with Crippen LogP contribution >= 0.6 is 15.9 Å². The van der Waals surface area contributed by atoms with Gasteiger partial charge in [-0.2, -0.15) is 0 Å². The number of carbonyl (C=O) groups is 2. The van der Waals surface area contributed by atoms with Crippen molar-refractivity contribution in [3.8, 4) is 5.69 Å². The Labute approximate surface area is 181 Å². The molecule has 0 radical (unpaired) electrons. The second kappa shape index (κ2) is 9.19. The Balaban J connectivity index is 1.40. The zero-order valence-electron chi connectivity index (χ0n) is 16.0. The van der Waals surface area contributed by atoms with Gasteiger partial charge >= 0.3 is 0 Å². The van der Waals surface area contributed by atoms with E-state index in [0.29, 0.717) is 27.8 Å². The summed E-state index contributed by atoms with van der Waals surface area (Å²) < 4.78 is 7.90. The van der Waals surface area contributed by atoms with Gasteiger partial charge < -0.3 is 15.4 Å². The normalized spacial score (nSPS) is 15.7. The second-order valence-electron chi connectivity index (χ2n) is 6.91. The van der Waals surface area contributed by atoms with Crippen LogP contribution < -0.4 is 10.6 Å². The van der Waals surface area contributed by atoms with Gasteiger partial charge in [0.15, 0.2) is 0 Å². The molecule has 3 aromatic rings. The van der Waals surface area contributed by atoms with Crippen LogP contribution in [0.5, 0.6) is 0 Å². The van der Waals surface area contributed by atoms with Gasteiger partial charge in [0.05, 0.1) is 11.7 Å². The maximum atomic E-state index is 12.8. The molecule has 8 nitrogen and oxygen atoms in total. The third-order valence-electron chi connectivity index (χ3n) is 4.83.